The molecule has 0 bridgehead atoms. The second kappa shape index (κ2) is 5.14. The Kier molecular flexibility index (Phi) is 3.93. The molecular weight excluding hydrogens is 318 g/mol. The molecule has 1 atom stereocenters. The van der Waals surface area contributed by atoms with E-state index in [0.717, 1.165) is 29.0 Å². The number of nitrogens with one attached hydrogen (secondary N) is 1. The Bertz CT molecular complexity index is 547. The van der Waals surface area contributed by atoms with Gasteiger partial charge in [-0.15, -0.1) is 0 Å². The summed E-state index contributed by atoms with van der Waals surface area (Å²) in [6.07, 6.45) is 2.00. The largest absolute Gasteiger partial charge is 0.355 e. The maximum atomic E-state index is 11.2. The third-order valence-corrected chi connectivity index (χ3v) is 4.50. The van der Waals surface area contributed by atoms with Crippen molar-refractivity contribution in [3.05, 3.63) is 22.3 Å². The molecule has 18 heavy (non-hydrogen) atoms. The molecule has 7 heteroatoms. The highest BCUT2D eigenvalue weighted by molar-refractivity contribution is 9.10. The molecule has 1 aromatic rings. The molecule has 1 unspecified atom stereocenters. The average molecular weight is 334 g/mol. The highest BCUT2D eigenvalue weighted by Crippen LogP contribution is 2.22. The number of sulfonamides is 1. The number of nitrogens with zero attached hydrogens (tertiary/aromatic N) is 2. The summed E-state index contributed by atoms with van der Waals surface area (Å²) < 4.78 is 26.0. The molecule has 2 rings (SSSR count). The van der Waals surface area contributed by atoms with E-state index in [0.29, 0.717) is 6.54 Å². The van der Waals surface area contributed by atoms with Crippen molar-refractivity contribution in [3.8, 4) is 0 Å². The summed E-state index contributed by atoms with van der Waals surface area (Å²) in [6, 6.07) is 3.89. The van der Waals surface area contributed by atoms with Gasteiger partial charge < -0.3 is 4.90 Å². The van der Waals surface area contributed by atoms with Crippen LogP contribution in [0.4, 0.5) is 5.82 Å². The molecule has 0 aromatic carbocycles. The van der Waals surface area contributed by atoms with Crippen LogP contribution < -0.4 is 9.62 Å². The molecule has 2 heterocycles. The number of pyridine rings is 1. The molecule has 1 aromatic heterocycles. The second-order valence-corrected chi connectivity index (χ2v) is 7.19. The highest BCUT2D eigenvalue weighted by atomic mass is 79.9. The number of anilines is 1. The number of aryl methyl sites for hydroxylation is 1. The van der Waals surface area contributed by atoms with Gasteiger partial charge >= 0.3 is 0 Å². The maximum absolute atomic E-state index is 11.2. The van der Waals surface area contributed by atoms with Crippen LogP contribution >= 0.6 is 15.9 Å². The lowest BCUT2D eigenvalue weighted by atomic mass is 10.3. The Morgan fingerprint density at radius 3 is 2.83 bits per heavy atom. The van der Waals surface area contributed by atoms with Crippen molar-refractivity contribution >= 4 is 31.8 Å². The van der Waals surface area contributed by atoms with Crippen LogP contribution in [0.1, 0.15) is 12.1 Å². The SMILES string of the molecule is Cc1nc(N2CCC(NS(C)(=O)=O)C2)ccc1Br. The first-order valence-corrected chi connectivity index (χ1v) is 8.39. The van der Waals surface area contributed by atoms with E-state index in [1.807, 2.05) is 19.1 Å². The van der Waals surface area contributed by atoms with Gasteiger partial charge in [-0.25, -0.2) is 18.1 Å². The molecule has 5 nitrogen and oxygen atoms in total. The Morgan fingerprint density at radius 2 is 2.22 bits per heavy atom. The first-order valence-electron chi connectivity index (χ1n) is 5.70. The zero-order chi connectivity index (χ0) is 13.3. The van der Waals surface area contributed by atoms with E-state index in [4.69, 9.17) is 0 Å². The van der Waals surface area contributed by atoms with Gasteiger partial charge in [-0.3, -0.25) is 0 Å². The molecule has 0 aliphatic carbocycles. The van der Waals surface area contributed by atoms with Crippen LogP contribution in [-0.4, -0.2) is 38.8 Å². The summed E-state index contributed by atoms with van der Waals surface area (Å²) >= 11 is 3.42. The predicted octanol–water partition coefficient (Wildman–Crippen LogP) is 1.28. The van der Waals surface area contributed by atoms with Crippen molar-refractivity contribution in [3.63, 3.8) is 0 Å². The van der Waals surface area contributed by atoms with E-state index in [-0.39, 0.29) is 6.04 Å². The molecule has 1 aliphatic heterocycles. The summed E-state index contributed by atoms with van der Waals surface area (Å²) in [5, 5.41) is 0. The quantitative estimate of drug-likeness (QED) is 0.905. The normalized spacial score (nSPS) is 20.4. The van der Waals surface area contributed by atoms with Gasteiger partial charge in [0.25, 0.3) is 0 Å². The fourth-order valence-corrected chi connectivity index (χ4v) is 3.09. The van der Waals surface area contributed by atoms with E-state index < -0.39 is 10.0 Å². The van der Waals surface area contributed by atoms with Crippen LogP contribution in [0.3, 0.4) is 0 Å². The minimum Gasteiger partial charge on any atom is -0.355 e. The van der Waals surface area contributed by atoms with Gasteiger partial charge in [0.2, 0.25) is 10.0 Å². The number of aromatic nitrogens is 1. The van der Waals surface area contributed by atoms with E-state index in [9.17, 15) is 8.42 Å². The van der Waals surface area contributed by atoms with Crippen LogP contribution in [0.5, 0.6) is 0 Å². The Morgan fingerprint density at radius 1 is 1.50 bits per heavy atom. The maximum Gasteiger partial charge on any atom is 0.209 e. The summed E-state index contributed by atoms with van der Waals surface area (Å²) in [5.74, 6) is 0.897. The van der Waals surface area contributed by atoms with Crippen molar-refractivity contribution in [2.24, 2.45) is 0 Å². The van der Waals surface area contributed by atoms with Crippen molar-refractivity contribution in [2.45, 2.75) is 19.4 Å². The fraction of sp³-hybridized carbons (Fsp3) is 0.545. The molecule has 100 valence electrons. The number of halogens is 1. The first-order chi connectivity index (χ1) is 8.35. The van der Waals surface area contributed by atoms with Crippen molar-refractivity contribution in [2.75, 3.05) is 24.2 Å². The number of hydrogen-bond donors (Lipinski definition) is 1. The predicted molar refractivity (Wildman–Crippen MR) is 75.3 cm³/mol. The zero-order valence-electron chi connectivity index (χ0n) is 10.4. The lowest BCUT2D eigenvalue weighted by Gasteiger charge is -2.18. The van der Waals surface area contributed by atoms with Crippen molar-refractivity contribution < 1.29 is 8.42 Å². The van der Waals surface area contributed by atoms with Gasteiger partial charge in [0, 0.05) is 23.6 Å². The third kappa shape index (κ3) is 3.43. The summed E-state index contributed by atoms with van der Waals surface area (Å²) in [6.45, 7) is 3.43. The summed E-state index contributed by atoms with van der Waals surface area (Å²) in [5.41, 5.74) is 0.937. The van der Waals surface area contributed by atoms with Gasteiger partial charge in [0.1, 0.15) is 5.82 Å². The highest BCUT2D eigenvalue weighted by Gasteiger charge is 2.25. The van der Waals surface area contributed by atoms with E-state index in [1.165, 1.54) is 6.26 Å². The standard InChI is InChI=1S/C11H16BrN3O2S/c1-8-10(12)3-4-11(13-8)15-6-5-9(7-15)14-18(2,16)17/h3-4,9,14H,5-7H2,1-2H3. The minimum atomic E-state index is -3.13. The van der Waals surface area contributed by atoms with Gasteiger partial charge in [-0.2, -0.15) is 0 Å². The number of hydrogen-bond acceptors (Lipinski definition) is 4. The second-order valence-electron chi connectivity index (χ2n) is 4.56. The fourth-order valence-electron chi connectivity index (χ4n) is 2.07. The van der Waals surface area contributed by atoms with Crippen molar-refractivity contribution in [1.29, 1.82) is 0 Å². The first kappa shape index (κ1) is 13.8. The molecule has 0 spiro atoms. The van der Waals surface area contributed by atoms with Gasteiger partial charge in [0.15, 0.2) is 0 Å². The zero-order valence-corrected chi connectivity index (χ0v) is 12.8. The summed E-state index contributed by atoms with van der Waals surface area (Å²) in [7, 11) is -3.13. The van der Waals surface area contributed by atoms with E-state index in [1.54, 1.807) is 0 Å². The molecule has 0 amide bonds. The van der Waals surface area contributed by atoms with Crippen LogP contribution in [0.15, 0.2) is 16.6 Å². The molecule has 1 aliphatic rings. The van der Waals surface area contributed by atoms with Crippen LogP contribution in [0.25, 0.3) is 0 Å². The smallest absolute Gasteiger partial charge is 0.209 e. The third-order valence-electron chi connectivity index (χ3n) is 2.90. The van der Waals surface area contributed by atoms with Gasteiger partial charge in [-0.1, -0.05) is 0 Å². The van der Waals surface area contributed by atoms with Gasteiger partial charge in [0.05, 0.1) is 11.9 Å². The Balaban J connectivity index is 2.06. The monoisotopic (exact) mass is 333 g/mol. The summed E-state index contributed by atoms with van der Waals surface area (Å²) in [4.78, 5) is 6.59. The molecule has 1 fully saturated rings. The molecule has 1 saturated heterocycles. The van der Waals surface area contributed by atoms with Crippen molar-refractivity contribution in [1.82, 2.24) is 9.71 Å². The van der Waals surface area contributed by atoms with Crippen LogP contribution in [0, 0.1) is 6.92 Å². The van der Waals surface area contributed by atoms with Crippen LogP contribution in [-0.2, 0) is 10.0 Å². The molecule has 0 radical (unpaired) electrons. The molecular formula is C11H16BrN3O2S. The lowest BCUT2D eigenvalue weighted by Crippen LogP contribution is -2.36. The Hall–Kier alpha value is -0.660. The van der Waals surface area contributed by atoms with E-state index in [2.05, 4.69) is 30.5 Å². The Labute approximate surface area is 116 Å². The molecule has 0 saturated carbocycles. The lowest BCUT2D eigenvalue weighted by molar-refractivity contribution is 0.567. The topological polar surface area (TPSA) is 62.3 Å². The minimum absolute atomic E-state index is 0.0225. The number of rotatable bonds is 3. The van der Waals surface area contributed by atoms with Crippen LogP contribution in [0.2, 0.25) is 0 Å². The average Bonchev–Trinajstić information content (AvgIpc) is 2.68. The van der Waals surface area contributed by atoms with E-state index >= 15 is 0 Å². The van der Waals surface area contributed by atoms with Gasteiger partial charge in [-0.05, 0) is 41.4 Å². The molecule has 1 N–H and O–H groups in total.